The molecule has 2 aromatic rings. The van der Waals surface area contributed by atoms with Crippen LogP contribution in [0.2, 0.25) is 0 Å². The molecule has 0 aliphatic heterocycles. The molecule has 0 heterocycles. The lowest BCUT2D eigenvalue weighted by atomic mass is 10.2. The van der Waals surface area contributed by atoms with Crippen LogP contribution in [-0.2, 0) is 21.4 Å². The van der Waals surface area contributed by atoms with Crippen LogP contribution in [0.1, 0.15) is 18.9 Å². The number of anilines is 1. The Hall–Kier alpha value is -2.34. The number of carbonyl (C=O) groups is 1. The lowest BCUT2D eigenvalue weighted by molar-refractivity contribution is -0.131. The number of hydrogen-bond acceptors (Lipinski definition) is 3. The lowest BCUT2D eigenvalue weighted by Crippen LogP contribution is -2.36. The minimum absolute atomic E-state index is 0.0593. The molecule has 0 saturated carbocycles. The van der Waals surface area contributed by atoms with Gasteiger partial charge in [-0.1, -0.05) is 48.5 Å². The summed E-state index contributed by atoms with van der Waals surface area (Å²) in [5.41, 5.74) is 1.63. The molecule has 25 heavy (non-hydrogen) atoms. The number of benzene rings is 2. The summed E-state index contributed by atoms with van der Waals surface area (Å²) in [5, 5.41) is 0. The van der Waals surface area contributed by atoms with Gasteiger partial charge in [-0.05, 0) is 24.6 Å². The Balaban J connectivity index is 2.05. The molecule has 0 radical (unpaired) electrons. The average molecular weight is 360 g/mol. The SMILES string of the molecule is CCN(Cc1ccccc1)C(=O)CCN(c1ccccc1)S(C)(=O)=O. The molecule has 0 bridgehead atoms. The van der Waals surface area contributed by atoms with Crippen LogP contribution in [0.5, 0.6) is 0 Å². The molecule has 5 nitrogen and oxygen atoms in total. The topological polar surface area (TPSA) is 57.7 Å². The van der Waals surface area contributed by atoms with Crippen molar-refractivity contribution in [3.8, 4) is 0 Å². The molecule has 0 spiro atoms. The highest BCUT2D eigenvalue weighted by atomic mass is 32.2. The first-order chi connectivity index (χ1) is 11.9. The number of carbonyl (C=O) groups excluding carboxylic acids is 1. The third-order valence-corrected chi connectivity index (χ3v) is 5.12. The number of hydrogen-bond donors (Lipinski definition) is 0. The summed E-state index contributed by atoms with van der Waals surface area (Å²) < 4.78 is 25.4. The molecule has 0 fully saturated rings. The molecule has 0 N–H and O–H groups in total. The van der Waals surface area contributed by atoms with Crippen molar-refractivity contribution in [2.75, 3.05) is 23.7 Å². The smallest absolute Gasteiger partial charge is 0.232 e. The zero-order chi connectivity index (χ0) is 18.3. The van der Waals surface area contributed by atoms with Gasteiger partial charge in [-0.25, -0.2) is 8.42 Å². The largest absolute Gasteiger partial charge is 0.339 e. The Bertz CT molecular complexity index is 777. The van der Waals surface area contributed by atoms with E-state index in [9.17, 15) is 13.2 Å². The number of nitrogens with zero attached hydrogens (tertiary/aromatic N) is 2. The third kappa shape index (κ3) is 5.60. The highest BCUT2D eigenvalue weighted by Gasteiger charge is 2.20. The van der Waals surface area contributed by atoms with E-state index in [2.05, 4.69) is 0 Å². The van der Waals surface area contributed by atoms with E-state index in [0.717, 1.165) is 11.8 Å². The van der Waals surface area contributed by atoms with Gasteiger partial charge in [0, 0.05) is 26.1 Å². The van der Waals surface area contributed by atoms with Crippen LogP contribution in [0.3, 0.4) is 0 Å². The normalized spacial score (nSPS) is 11.1. The van der Waals surface area contributed by atoms with E-state index in [1.807, 2.05) is 43.3 Å². The zero-order valence-electron chi connectivity index (χ0n) is 14.6. The Labute approximate surface area is 149 Å². The van der Waals surface area contributed by atoms with Crippen molar-refractivity contribution in [2.24, 2.45) is 0 Å². The van der Waals surface area contributed by atoms with Gasteiger partial charge < -0.3 is 4.90 Å². The van der Waals surface area contributed by atoms with Crippen LogP contribution in [0.25, 0.3) is 0 Å². The van der Waals surface area contributed by atoms with Crippen LogP contribution in [0, 0.1) is 0 Å². The zero-order valence-corrected chi connectivity index (χ0v) is 15.4. The first-order valence-corrected chi connectivity index (χ1v) is 10.1. The van der Waals surface area contributed by atoms with Crippen molar-refractivity contribution < 1.29 is 13.2 Å². The fraction of sp³-hybridized carbons (Fsp3) is 0.316. The van der Waals surface area contributed by atoms with E-state index in [0.29, 0.717) is 18.8 Å². The molecular formula is C19H24N2O3S. The van der Waals surface area contributed by atoms with Gasteiger partial charge in [-0.3, -0.25) is 9.10 Å². The number of rotatable bonds is 8. The molecular weight excluding hydrogens is 336 g/mol. The fourth-order valence-electron chi connectivity index (χ4n) is 2.62. The summed E-state index contributed by atoms with van der Waals surface area (Å²) in [6, 6.07) is 18.6. The van der Waals surface area contributed by atoms with E-state index in [1.54, 1.807) is 29.2 Å². The molecule has 134 valence electrons. The highest BCUT2D eigenvalue weighted by Crippen LogP contribution is 2.17. The van der Waals surface area contributed by atoms with Crippen molar-refractivity contribution in [2.45, 2.75) is 19.9 Å². The predicted molar refractivity (Wildman–Crippen MR) is 101 cm³/mol. The second kappa shape index (κ2) is 8.67. The van der Waals surface area contributed by atoms with E-state index >= 15 is 0 Å². The quantitative estimate of drug-likeness (QED) is 0.727. The van der Waals surface area contributed by atoms with E-state index in [1.165, 1.54) is 4.31 Å². The van der Waals surface area contributed by atoms with Gasteiger partial charge in [0.2, 0.25) is 15.9 Å². The molecule has 0 atom stereocenters. The minimum Gasteiger partial charge on any atom is -0.339 e. The Morgan fingerprint density at radius 1 is 0.960 bits per heavy atom. The number of para-hydroxylation sites is 1. The van der Waals surface area contributed by atoms with E-state index < -0.39 is 10.0 Å². The summed E-state index contributed by atoms with van der Waals surface area (Å²) >= 11 is 0. The van der Waals surface area contributed by atoms with Crippen molar-refractivity contribution in [1.82, 2.24) is 4.90 Å². The Morgan fingerprint density at radius 3 is 2.04 bits per heavy atom. The molecule has 0 unspecified atom stereocenters. The van der Waals surface area contributed by atoms with Gasteiger partial charge in [-0.2, -0.15) is 0 Å². The van der Waals surface area contributed by atoms with Gasteiger partial charge in [0.25, 0.3) is 0 Å². The van der Waals surface area contributed by atoms with Gasteiger partial charge >= 0.3 is 0 Å². The van der Waals surface area contributed by atoms with Crippen LogP contribution in [-0.4, -0.2) is 38.6 Å². The average Bonchev–Trinajstić information content (AvgIpc) is 2.60. The fourth-order valence-corrected chi connectivity index (χ4v) is 3.54. The summed E-state index contributed by atoms with van der Waals surface area (Å²) in [6.07, 6.45) is 1.30. The number of sulfonamides is 1. The summed E-state index contributed by atoms with van der Waals surface area (Å²) in [4.78, 5) is 14.3. The first-order valence-electron chi connectivity index (χ1n) is 8.26. The monoisotopic (exact) mass is 360 g/mol. The lowest BCUT2D eigenvalue weighted by Gasteiger charge is -2.25. The summed E-state index contributed by atoms with van der Waals surface area (Å²) in [6.45, 7) is 3.16. The molecule has 0 saturated heterocycles. The van der Waals surface area contributed by atoms with Crippen LogP contribution in [0.4, 0.5) is 5.69 Å². The van der Waals surface area contributed by atoms with E-state index in [4.69, 9.17) is 0 Å². The summed E-state index contributed by atoms with van der Waals surface area (Å²) in [5.74, 6) is -0.0593. The molecule has 1 amide bonds. The van der Waals surface area contributed by atoms with Crippen molar-refractivity contribution >= 4 is 21.6 Å². The Morgan fingerprint density at radius 2 is 1.52 bits per heavy atom. The molecule has 6 heteroatoms. The van der Waals surface area contributed by atoms with Crippen LogP contribution in [0.15, 0.2) is 60.7 Å². The van der Waals surface area contributed by atoms with Gasteiger partial charge in [0.15, 0.2) is 0 Å². The predicted octanol–water partition coefficient (Wildman–Crippen LogP) is 2.89. The molecule has 0 aliphatic rings. The van der Waals surface area contributed by atoms with Crippen molar-refractivity contribution in [3.63, 3.8) is 0 Å². The van der Waals surface area contributed by atoms with Crippen molar-refractivity contribution in [1.29, 1.82) is 0 Å². The maximum Gasteiger partial charge on any atom is 0.232 e. The second-order valence-electron chi connectivity index (χ2n) is 5.81. The number of amides is 1. The maximum atomic E-state index is 12.5. The Kier molecular flexibility index (Phi) is 6.58. The standard InChI is InChI=1S/C19H24N2O3S/c1-3-20(16-17-10-6-4-7-11-17)19(22)14-15-21(25(2,23)24)18-12-8-5-9-13-18/h4-13H,3,14-16H2,1-2H3. The molecule has 2 aromatic carbocycles. The van der Waals surface area contributed by atoms with Gasteiger partial charge in [-0.15, -0.1) is 0 Å². The summed E-state index contributed by atoms with van der Waals surface area (Å²) in [7, 11) is -3.44. The molecule has 0 aromatic heterocycles. The minimum atomic E-state index is -3.44. The maximum absolute atomic E-state index is 12.5. The van der Waals surface area contributed by atoms with E-state index in [-0.39, 0.29) is 18.9 Å². The molecule has 2 rings (SSSR count). The van der Waals surface area contributed by atoms with Gasteiger partial charge in [0.1, 0.15) is 0 Å². The third-order valence-electron chi connectivity index (χ3n) is 3.92. The van der Waals surface area contributed by atoms with Gasteiger partial charge in [0.05, 0.1) is 11.9 Å². The van der Waals surface area contributed by atoms with Crippen LogP contribution < -0.4 is 4.31 Å². The van der Waals surface area contributed by atoms with Crippen LogP contribution >= 0.6 is 0 Å². The van der Waals surface area contributed by atoms with Crippen molar-refractivity contribution in [3.05, 3.63) is 66.2 Å². The second-order valence-corrected chi connectivity index (χ2v) is 7.72. The first kappa shape index (κ1) is 19.0. The molecule has 0 aliphatic carbocycles. The highest BCUT2D eigenvalue weighted by molar-refractivity contribution is 7.92.